The molecule has 2 aliphatic heterocycles. The largest absolute Gasteiger partial charge is 0.493 e. The summed E-state index contributed by atoms with van der Waals surface area (Å²) in [4.78, 5) is 22.2. The Bertz CT molecular complexity index is 842. The average molecular weight is 381 g/mol. The second-order valence-electron chi connectivity index (χ2n) is 7.62. The molecule has 3 heterocycles. The van der Waals surface area contributed by atoms with Gasteiger partial charge in [-0.2, -0.15) is 0 Å². The Hall–Kier alpha value is -2.76. The van der Waals surface area contributed by atoms with Crippen molar-refractivity contribution in [2.45, 2.75) is 25.8 Å². The van der Waals surface area contributed by atoms with Crippen LogP contribution in [0.3, 0.4) is 0 Å². The standard InChI is InChI=1S/C22H27N3O3/c1-27-18-8-5-7-17(20(18)28-2)15-24-13-6-10-22(21(24)26)11-14-25(16-22)19-9-3-4-12-23-19/h3-5,7-9,12H,6,10-11,13-16H2,1-2H3/t22-/m1/s1. The number of amides is 1. The Morgan fingerprint density at radius 1 is 1.07 bits per heavy atom. The lowest BCUT2D eigenvalue weighted by atomic mass is 9.78. The van der Waals surface area contributed by atoms with Crippen molar-refractivity contribution >= 4 is 11.7 Å². The second-order valence-corrected chi connectivity index (χ2v) is 7.62. The van der Waals surface area contributed by atoms with Gasteiger partial charge in [0.05, 0.1) is 19.6 Å². The van der Waals surface area contributed by atoms with Gasteiger partial charge < -0.3 is 19.3 Å². The Labute approximate surface area is 166 Å². The van der Waals surface area contributed by atoms with Crippen LogP contribution in [0.4, 0.5) is 5.82 Å². The van der Waals surface area contributed by atoms with Gasteiger partial charge in [0.25, 0.3) is 0 Å². The lowest BCUT2D eigenvalue weighted by Crippen LogP contribution is -2.49. The van der Waals surface area contributed by atoms with Gasteiger partial charge in [-0.1, -0.05) is 18.2 Å². The molecule has 0 radical (unpaired) electrons. The Morgan fingerprint density at radius 2 is 1.96 bits per heavy atom. The molecule has 1 atom stereocenters. The molecule has 1 aromatic heterocycles. The summed E-state index contributed by atoms with van der Waals surface area (Å²) >= 11 is 0. The number of carbonyl (C=O) groups excluding carboxylic acids is 1. The van der Waals surface area contributed by atoms with Gasteiger partial charge in [0.15, 0.2) is 11.5 Å². The first-order chi connectivity index (χ1) is 13.7. The van der Waals surface area contributed by atoms with E-state index in [4.69, 9.17) is 9.47 Å². The number of likely N-dealkylation sites (tertiary alicyclic amines) is 1. The van der Waals surface area contributed by atoms with Crippen LogP contribution in [0.25, 0.3) is 0 Å². The maximum absolute atomic E-state index is 13.5. The smallest absolute Gasteiger partial charge is 0.230 e. The maximum Gasteiger partial charge on any atom is 0.230 e. The zero-order chi connectivity index (χ0) is 19.6. The second kappa shape index (κ2) is 7.70. The first-order valence-electron chi connectivity index (χ1n) is 9.82. The summed E-state index contributed by atoms with van der Waals surface area (Å²) in [5.41, 5.74) is 0.675. The molecule has 2 saturated heterocycles. The Balaban J connectivity index is 1.53. The number of hydrogen-bond donors (Lipinski definition) is 0. The summed E-state index contributed by atoms with van der Waals surface area (Å²) < 4.78 is 11.0. The first-order valence-corrected chi connectivity index (χ1v) is 9.82. The molecule has 1 amide bonds. The highest BCUT2D eigenvalue weighted by molar-refractivity contribution is 5.85. The van der Waals surface area contributed by atoms with E-state index in [0.29, 0.717) is 18.0 Å². The molecule has 0 saturated carbocycles. The Morgan fingerprint density at radius 3 is 2.71 bits per heavy atom. The van der Waals surface area contributed by atoms with Gasteiger partial charge >= 0.3 is 0 Å². The molecule has 0 unspecified atom stereocenters. The van der Waals surface area contributed by atoms with Crippen molar-refractivity contribution in [3.63, 3.8) is 0 Å². The maximum atomic E-state index is 13.5. The van der Waals surface area contributed by atoms with Gasteiger partial charge in [0.1, 0.15) is 5.82 Å². The molecular formula is C22H27N3O3. The van der Waals surface area contributed by atoms with Gasteiger partial charge in [-0.15, -0.1) is 0 Å². The van der Waals surface area contributed by atoms with E-state index in [-0.39, 0.29) is 11.3 Å². The lowest BCUT2D eigenvalue weighted by Gasteiger charge is -2.39. The summed E-state index contributed by atoms with van der Waals surface area (Å²) in [6.07, 6.45) is 4.66. The molecular weight excluding hydrogens is 354 g/mol. The van der Waals surface area contributed by atoms with E-state index >= 15 is 0 Å². The van der Waals surface area contributed by atoms with Crippen LogP contribution in [0, 0.1) is 5.41 Å². The summed E-state index contributed by atoms with van der Waals surface area (Å²) in [5.74, 6) is 2.61. The van der Waals surface area contributed by atoms with E-state index in [1.165, 1.54) is 0 Å². The number of ether oxygens (including phenoxy) is 2. The van der Waals surface area contributed by atoms with Crippen LogP contribution in [0.5, 0.6) is 11.5 Å². The van der Waals surface area contributed by atoms with Crippen LogP contribution in [0.15, 0.2) is 42.6 Å². The van der Waals surface area contributed by atoms with Crippen molar-refractivity contribution in [1.29, 1.82) is 0 Å². The summed E-state index contributed by atoms with van der Waals surface area (Å²) in [5, 5.41) is 0. The van der Waals surface area contributed by atoms with Crippen LogP contribution in [-0.2, 0) is 11.3 Å². The van der Waals surface area contributed by atoms with Crippen molar-refractivity contribution < 1.29 is 14.3 Å². The Kier molecular flexibility index (Phi) is 5.11. The van der Waals surface area contributed by atoms with Crippen molar-refractivity contribution in [1.82, 2.24) is 9.88 Å². The number of para-hydroxylation sites is 1. The van der Waals surface area contributed by atoms with Crippen LogP contribution < -0.4 is 14.4 Å². The van der Waals surface area contributed by atoms with E-state index in [1.54, 1.807) is 14.2 Å². The number of methoxy groups -OCH3 is 2. The summed E-state index contributed by atoms with van der Waals surface area (Å²) in [6.45, 7) is 2.95. The number of piperidine rings is 1. The number of pyridine rings is 1. The van der Waals surface area contributed by atoms with Gasteiger partial charge in [-0.3, -0.25) is 4.79 Å². The molecule has 2 fully saturated rings. The fourth-order valence-electron chi connectivity index (χ4n) is 4.57. The molecule has 6 heteroatoms. The van der Waals surface area contributed by atoms with E-state index in [0.717, 1.165) is 50.3 Å². The highest BCUT2D eigenvalue weighted by atomic mass is 16.5. The minimum absolute atomic E-state index is 0.252. The van der Waals surface area contributed by atoms with Crippen LogP contribution in [-0.4, -0.2) is 49.6 Å². The molecule has 4 rings (SSSR count). The fraction of sp³-hybridized carbons (Fsp3) is 0.455. The predicted molar refractivity (Wildman–Crippen MR) is 108 cm³/mol. The minimum Gasteiger partial charge on any atom is -0.493 e. The van der Waals surface area contributed by atoms with E-state index in [9.17, 15) is 4.79 Å². The number of carbonyl (C=O) groups is 1. The van der Waals surface area contributed by atoms with E-state index in [1.807, 2.05) is 47.5 Å². The zero-order valence-corrected chi connectivity index (χ0v) is 16.6. The van der Waals surface area contributed by atoms with Crippen molar-refractivity contribution in [2.75, 3.05) is 38.8 Å². The third-order valence-electron chi connectivity index (χ3n) is 6.00. The highest BCUT2D eigenvalue weighted by Gasteiger charge is 2.48. The molecule has 2 aromatic rings. The van der Waals surface area contributed by atoms with Gasteiger partial charge in [0.2, 0.25) is 5.91 Å². The summed E-state index contributed by atoms with van der Waals surface area (Å²) in [7, 11) is 3.27. The van der Waals surface area contributed by atoms with Gasteiger partial charge in [0, 0.05) is 37.9 Å². The third-order valence-corrected chi connectivity index (χ3v) is 6.00. The molecule has 0 N–H and O–H groups in total. The number of rotatable bonds is 5. The lowest BCUT2D eigenvalue weighted by molar-refractivity contribution is -0.145. The van der Waals surface area contributed by atoms with E-state index < -0.39 is 0 Å². The van der Waals surface area contributed by atoms with E-state index in [2.05, 4.69) is 9.88 Å². The molecule has 0 bridgehead atoms. The molecule has 2 aliphatic rings. The molecule has 28 heavy (non-hydrogen) atoms. The van der Waals surface area contributed by atoms with Crippen LogP contribution in [0.2, 0.25) is 0 Å². The molecule has 6 nitrogen and oxygen atoms in total. The number of benzene rings is 1. The molecule has 1 aromatic carbocycles. The van der Waals surface area contributed by atoms with Crippen LogP contribution in [0.1, 0.15) is 24.8 Å². The SMILES string of the molecule is COc1cccc(CN2CCC[C@]3(CCN(c4ccccn4)C3)C2=O)c1OC. The van der Waals surface area contributed by atoms with Crippen molar-refractivity contribution in [2.24, 2.45) is 5.41 Å². The first kappa shape index (κ1) is 18.6. The monoisotopic (exact) mass is 381 g/mol. The van der Waals surface area contributed by atoms with Gasteiger partial charge in [-0.25, -0.2) is 4.98 Å². The third kappa shape index (κ3) is 3.28. The topological polar surface area (TPSA) is 54.9 Å². The highest BCUT2D eigenvalue weighted by Crippen LogP contribution is 2.42. The quantitative estimate of drug-likeness (QED) is 0.797. The molecule has 0 aliphatic carbocycles. The number of hydrogen-bond acceptors (Lipinski definition) is 5. The van der Waals surface area contributed by atoms with Crippen LogP contribution >= 0.6 is 0 Å². The number of aromatic nitrogens is 1. The predicted octanol–water partition coefficient (Wildman–Crippen LogP) is 3.12. The number of nitrogens with zero attached hydrogens (tertiary/aromatic N) is 3. The normalized spacial score (nSPS) is 22.0. The number of anilines is 1. The zero-order valence-electron chi connectivity index (χ0n) is 16.6. The van der Waals surface area contributed by atoms with Crippen molar-refractivity contribution in [3.8, 4) is 11.5 Å². The average Bonchev–Trinajstić information content (AvgIpc) is 3.17. The van der Waals surface area contributed by atoms with Gasteiger partial charge in [-0.05, 0) is 37.5 Å². The fourth-order valence-corrected chi connectivity index (χ4v) is 4.57. The minimum atomic E-state index is -0.304. The van der Waals surface area contributed by atoms with Crippen molar-refractivity contribution in [3.05, 3.63) is 48.2 Å². The summed E-state index contributed by atoms with van der Waals surface area (Å²) in [6, 6.07) is 11.8. The molecule has 148 valence electrons. The molecule has 1 spiro atoms.